The maximum absolute atomic E-state index is 13.3. The van der Waals surface area contributed by atoms with Gasteiger partial charge in [0, 0.05) is 43.5 Å². The van der Waals surface area contributed by atoms with Gasteiger partial charge >= 0.3 is 0 Å². The van der Waals surface area contributed by atoms with Crippen molar-refractivity contribution < 1.29 is 9.18 Å². The van der Waals surface area contributed by atoms with E-state index >= 15 is 0 Å². The van der Waals surface area contributed by atoms with Gasteiger partial charge in [-0.2, -0.15) is 4.98 Å². The Bertz CT molecular complexity index is 857. The van der Waals surface area contributed by atoms with Crippen molar-refractivity contribution in [3.05, 3.63) is 46.4 Å². The minimum Gasteiger partial charge on any atom is -0.363 e. The number of hydrogen-bond acceptors (Lipinski definition) is 5. The van der Waals surface area contributed by atoms with Gasteiger partial charge in [-0.1, -0.05) is 11.6 Å². The zero-order valence-corrected chi connectivity index (χ0v) is 18.3. The second-order valence-electron chi connectivity index (χ2n) is 7.38. The molecule has 1 amide bonds. The molecule has 0 spiro atoms. The highest BCUT2D eigenvalue weighted by atomic mass is 35.5. The lowest BCUT2D eigenvalue weighted by molar-refractivity contribution is 0.0926. The van der Waals surface area contributed by atoms with Crippen molar-refractivity contribution in [2.24, 2.45) is 0 Å². The molecule has 1 aliphatic rings. The Kier molecular flexibility index (Phi) is 8.05. The Labute approximate surface area is 181 Å². The number of hydrogen-bond donors (Lipinski definition) is 2. The maximum atomic E-state index is 13.3. The molecule has 0 unspecified atom stereocenters. The van der Waals surface area contributed by atoms with E-state index in [-0.39, 0.29) is 35.4 Å². The Hall–Kier alpha value is -2.12. The number of aryl methyl sites for hydroxylation is 1. The number of benzene rings is 1. The van der Waals surface area contributed by atoms with E-state index in [2.05, 4.69) is 20.6 Å². The number of nitrogens with zero attached hydrogens (tertiary/aromatic N) is 3. The molecule has 0 bridgehead atoms. The standard InChI is InChI=1S/C20H25ClFN5O.ClH/c1-12-10-18(27(2)3)26-20(23-12)25-15-7-5-14(6-8-15)24-19(28)13-4-9-17(22)16(21)11-13;/h4,9-11,14-15H,5-8H2,1-3H3,(H,24,28)(H,23,25,26);1H/t14-,15+;. The molecule has 0 aliphatic heterocycles. The van der Waals surface area contributed by atoms with Gasteiger partial charge in [0.25, 0.3) is 5.91 Å². The fourth-order valence-corrected chi connectivity index (χ4v) is 3.50. The van der Waals surface area contributed by atoms with Crippen molar-refractivity contribution in [3.63, 3.8) is 0 Å². The monoisotopic (exact) mass is 441 g/mol. The van der Waals surface area contributed by atoms with Crippen LogP contribution in [0.4, 0.5) is 16.2 Å². The summed E-state index contributed by atoms with van der Waals surface area (Å²) in [6.07, 6.45) is 3.52. The van der Waals surface area contributed by atoms with Crippen LogP contribution in [0.1, 0.15) is 41.7 Å². The van der Waals surface area contributed by atoms with Gasteiger partial charge in [-0.25, -0.2) is 9.37 Å². The van der Waals surface area contributed by atoms with Crippen molar-refractivity contribution in [2.75, 3.05) is 24.3 Å². The Balaban J connectivity index is 0.00000300. The Morgan fingerprint density at radius 2 is 1.79 bits per heavy atom. The number of aromatic nitrogens is 2. The summed E-state index contributed by atoms with van der Waals surface area (Å²) in [6.45, 7) is 1.95. The predicted octanol–water partition coefficient (Wildman–Crippen LogP) is 4.22. The van der Waals surface area contributed by atoms with Crippen LogP contribution < -0.4 is 15.5 Å². The van der Waals surface area contributed by atoms with Crippen LogP contribution in [0, 0.1) is 12.7 Å². The topological polar surface area (TPSA) is 70.2 Å². The number of nitrogens with one attached hydrogen (secondary N) is 2. The van der Waals surface area contributed by atoms with Crippen LogP contribution >= 0.6 is 24.0 Å². The van der Waals surface area contributed by atoms with Crippen LogP contribution in [-0.2, 0) is 0 Å². The summed E-state index contributed by atoms with van der Waals surface area (Å²) >= 11 is 5.76. The molecule has 1 heterocycles. The lowest BCUT2D eigenvalue weighted by Gasteiger charge is -2.30. The van der Waals surface area contributed by atoms with E-state index in [0.29, 0.717) is 11.5 Å². The van der Waals surface area contributed by atoms with Crippen molar-refractivity contribution >= 4 is 41.7 Å². The van der Waals surface area contributed by atoms with Crippen molar-refractivity contribution in [1.82, 2.24) is 15.3 Å². The molecule has 1 fully saturated rings. The predicted molar refractivity (Wildman–Crippen MR) is 117 cm³/mol. The highest BCUT2D eigenvalue weighted by molar-refractivity contribution is 6.31. The molecule has 0 radical (unpaired) electrons. The number of carbonyl (C=O) groups excluding carboxylic acids is 1. The molecule has 9 heteroatoms. The summed E-state index contributed by atoms with van der Waals surface area (Å²) in [5.74, 6) is 0.752. The summed E-state index contributed by atoms with van der Waals surface area (Å²) < 4.78 is 13.3. The molecular weight excluding hydrogens is 416 g/mol. The molecule has 1 aliphatic carbocycles. The summed E-state index contributed by atoms with van der Waals surface area (Å²) in [6, 6.07) is 6.31. The van der Waals surface area contributed by atoms with E-state index < -0.39 is 5.82 Å². The quantitative estimate of drug-likeness (QED) is 0.726. The molecular formula is C20H26Cl2FN5O. The number of anilines is 2. The smallest absolute Gasteiger partial charge is 0.251 e. The van der Waals surface area contributed by atoms with Crippen LogP contribution in [0.15, 0.2) is 24.3 Å². The third-order valence-corrected chi connectivity index (χ3v) is 5.17. The summed E-state index contributed by atoms with van der Waals surface area (Å²) in [4.78, 5) is 23.3. The lowest BCUT2D eigenvalue weighted by atomic mass is 9.91. The first-order valence-electron chi connectivity index (χ1n) is 9.37. The van der Waals surface area contributed by atoms with Gasteiger partial charge in [-0.15, -0.1) is 12.4 Å². The van der Waals surface area contributed by atoms with E-state index in [1.54, 1.807) is 0 Å². The summed E-state index contributed by atoms with van der Waals surface area (Å²) in [7, 11) is 3.90. The van der Waals surface area contributed by atoms with Crippen molar-refractivity contribution in [1.29, 1.82) is 0 Å². The fraction of sp³-hybridized carbons (Fsp3) is 0.450. The van der Waals surface area contributed by atoms with E-state index in [1.807, 2.05) is 32.0 Å². The minimum absolute atomic E-state index is 0. The van der Waals surface area contributed by atoms with Gasteiger partial charge < -0.3 is 15.5 Å². The third kappa shape index (κ3) is 6.18. The van der Waals surface area contributed by atoms with Gasteiger partial charge in [0.1, 0.15) is 11.6 Å². The first-order valence-corrected chi connectivity index (χ1v) is 9.75. The van der Waals surface area contributed by atoms with Crippen LogP contribution in [0.25, 0.3) is 0 Å². The zero-order valence-electron chi connectivity index (χ0n) is 16.7. The zero-order chi connectivity index (χ0) is 20.3. The average molecular weight is 442 g/mol. The Morgan fingerprint density at radius 3 is 2.41 bits per heavy atom. The highest BCUT2D eigenvalue weighted by Gasteiger charge is 2.23. The SMILES string of the molecule is Cc1cc(N(C)C)nc(N[C@H]2CC[C@@H](NC(=O)c3ccc(F)c(Cl)c3)CC2)n1.Cl. The number of amides is 1. The largest absolute Gasteiger partial charge is 0.363 e. The van der Waals surface area contributed by atoms with Gasteiger partial charge in [-0.05, 0) is 50.8 Å². The lowest BCUT2D eigenvalue weighted by Crippen LogP contribution is -2.40. The molecule has 29 heavy (non-hydrogen) atoms. The Morgan fingerprint density at radius 1 is 1.14 bits per heavy atom. The van der Waals surface area contributed by atoms with Gasteiger partial charge in [0.2, 0.25) is 5.95 Å². The minimum atomic E-state index is -0.527. The number of rotatable bonds is 5. The van der Waals surface area contributed by atoms with E-state index in [9.17, 15) is 9.18 Å². The van der Waals surface area contributed by atoms with Crippen molar-refractivity contribution in [2.45, 2.75) is 44.7 Å². The third-order valence-electron chi connectivity index (χ3n) is 4.88. The highest BCUT2D eigenvalue weighted by Crippen LogP contribution is 2.23. The maximum Gasteiger partial charge on any atom is 0.251 e. The molecule has 3 rings (SSSR count). The molecule has 1 aromatic carbocycles. The normalized spacial score (nSPS) is 18.5. The number of carbonyl (C=O) groups is 1. The summed E-state index contributed by atoms with van der Waals surface area (Å²) in [5, 5.41) is 6.38. The second kappa shape index (κ2) is 10.1. The van der Waals surface area contributed by atoms with Crippen LogP contribution in [0.5, 0.6) is 0 Å². The molecule has 1 aromatic heterocycles. The van der Waals surface area contributed by atoms with Gasteiger partial charge in [-0.3, -0.25) is 4.79 Å². The molecule has 2 aromatic rings. The molecule has 0 atom stereocenters. The first kappa shape index (κ1) is 23.2. The van der Waals surface area contributed by atoms with Crippen LogP contribution in [0.2, 0.25) is 5.02 Å². The van der Waals surface area contributed by atoms with Gasteiger partial charge in [0.15, 0.2) is 0 Å². The first-order chi connectivity index (χ1) is 13.3. The molecule has 1 saturated carbocycles. The van der Waals surface area contributed by atoms with E-state index in [0.717, 1.165) is 37.2 Å². The molecule has 2 N–H and O–H groups in total. The second-order valence-corrected chi connectivity index (χ2v) is 7.79. The van der Waals surface area contributed by atoms with Crippen molar-refractivity contribution in [3.8, 4) is 0 Å². The van der Waals surface area contributed by atoms with E-state index in [1.165, 1.54) is 18.2 Å². The fourth-order valence-electron chi connectivity index (χ4n) is 3.32. The number of halogens is 3. The molecule has 158 valence electrons. The van der Waals surface area contributed by atoms with Crippen LogP contribution in [-0.4, -0.2) is 42.1 Å². The van der Waals surface area contributed by atoms with Gasteiger partial charge in [0.05, 0.1) is 5.02 Å². The molecule has 6 nitrogen and oxygen atoms in total. The average Bonchev–Trinajstić information content (AvgIpc) is 2.65. The van der Waals surface area contributed by atoms with E-state index in [4.69, 9.17) is 11.6 Å². The summed E-state index contributed by atoms with van der Waals surface area (Å²) in [5.41, 5.74) is 1.29. The molecule has 0 saturated heterocycles. The van der Waals surface area contributed by atoms with Crippen LogP contribution in [0.3, 0.4) is 0 Å².